The van der Waals surface area contributed by atoms with Crippen LogP contribution in [0.2, 0.25) is 0 Å². The van der Waals surface area contributed by atoms with E-state index in [9.17, 15) is 9.59 Å². The molecule has 1 saturated heterocycles. The smallest absolute Gasteiger partial charge is 0.241 e. The molecule has 0 unspecified atom stereocenters. The molecule has 6 heteroatoms. The first-order chi connectivity index (χ1) is 14.8. The lowest BCUT2D eigenvalue weighted by atomic mass is 10.0. The topological polar surface area (TPSA) is 78.7 Å². The van der Waals surface area contributed by atoms with Crippen LogP contribution in [0, 0.1) is 20.8 Å². The summed E-state index contributed by atoms with van der Waals surface area (Å²) in [4.78, 5) is 29.3. The largest absolute Gasteiger partial charge is 0.398 e. The van der Waals surface area contributed by atoms with E-state index < -0.39 is 0 Å². The van der Waals surface area contributed by atoms with Gasteiger partial charge in [0.15, 0.2) is 5.78 Å². The number of likely N-dealkylation sites (tertiary alicyclic amines) is 1. The van der Waals surface area contributed by atoms with Gasteiger partial charge in [-0.1, -0.05) is 36.4 Å². The maximum Gasteiger partial charge on any atom is 0.241 e. The molecule has 1 aliphatic heterocycles. The minimum atomic E-state index is 0.0664. The molecule has 0 atom stereocenters. The highest BCUT2D eigenvalue weighted by Crippen LogP contribution is 2.28. The minimum absolute atomic E-state index is 0.0664. The number of nitrogens with two attached hydrogens (primary N) is 1. The van der Waals surface area contributed by atoms with Crippen molar-refractivity contribution in [3.8, 4) is 0 Å². The summed E-state index contributed by atoms with van der Waals surface area (Å²) in [5.74, 6) is 0.215. The van der Waals surface area contributed by atoms with Gasteiger partial charge < -0.3 is 16.0 Å². The van der Waals surface area contributed by atoms with Crippen molar-refractivity contribution in [2.45, 2.75) is 39.7 Å². The van der Waals surface area contributed by atoms with Crippen molar-refractivity contribution < 1.29 is 9.59 Å². The van der Waals surface area contributed by atoms with Gasteiger partial charge in [0.1, 0.15) is 0 Å². The van der Waals surface area contributed by atoms with Crippen LogP contribution in [0.1, 0.15) is 39.9 Å². The highest BCUT2D eigenvalue weighted by molar-refractivity contribution is 5.97. The number of hydrogen-bond acceptors (Lipinski definition) is 5. The Bertz CT molecular complexity index is 934. The Kier molecular flexibility index (Phi) is 7.33. The van der Waals surface area contributed by atoms with Crippen molar-refractivity contribution in [1.29, 1.82) is 0 Å². The van der Waals surface area contributed by atoms with Crippen LogP contribution in [0.4, 0.5) is 11.4 Å². The number of Topliss-reactive ketones (excluding diaryl/α,β-unsaturated/α-hetero) is 1. The second-order valence-electron chi connectivity index (χ2n) is 8.58. The molecule has 0 saturated carbocycles. The molecule has 0 radical (unpaired) electrons. The Balaban J connectivity index is 1.49. The first-order valence-electron chi connectivity index (χ1n) is 10.9. The van der Waals surface area contributed by atoms with E-state index in [0.717, 1.165) is 59.6 Å². The average molecular weight is 423 g/mol. The third-order valence-electron chi connectivity index (χ3n) is 6.41. The Morgan fingerprint density at radius 2 is 1.74 bits per heavy atom. The third-order valence-corrected chi connectivity index (χ3v) is 6.41. The molecule has 1 heterocycles. The van der Waals surface area contributed by atoms with Crippen LogP contribution < -0.4 is 11.1 Å². The van der Waals surface area contributed by atoms with E-state index in [0.29, 0.717) is 6.54 Å². The van der Waals surface area contributed by atoms with E-state index in [4.69, 9.17) is 5.73 Å². The molecule has 31 heavy (non-hydrogen) atoms. The number of nitrogen functional groups attached to an aromatic ring is 1. The second kappa shape index (κ2) is 9.96. The maximum atomic E-state index is 12.8. The van der Waals surface area contributed by atoms with Crippen molar-refractivity contribution in [2.75, 3.05) is 44.3 Å². The number of anilines is 2. The summed E-state index contributed by atoms with van der Waals surface area (Å²) in [5, 5.41) is 3.30. The highest BCUT2D eigenvalue weighted by Gasteiger charge is 2.26. The summed E-state index contributed by atoms with van der Waals surface area (Å²) in [5.41, 5.74) is 11.8. The summed E-state index contributed by atoms with van der Waals surface area (Å²) in [6.45, 7) is 8.33. The fraction of sp³-hybridized carbons (Fsp3) is 0.440. The van der Waals surface area contributed by atoms with Crippen molar-refractivity contribution in [1.82, 2.24) is 9.80 Å². The van der Waals surface area contributed by atoms with Gasteiger partial charge in [0, 0.05) is 43.1 Å². The predicted octanol–water partition coefficient (Wildman–Crippen LogP) is 3.41. The molecule has 0 aliphatic carbocycles. The number of ketones is 1. The molecule has 1 aliphatic rings. The number of likely N-dealkylation sites (N-methyl/N-ethyl adjacent to an activating group) is 1. The van der Waals surface area contributed by atoms with Crippen LogP contribution in [-0.4, -0.2) is 60.8 Å². The first-order valence-corrected chi connectivity index (χ1v) is 10.9. The van der Waals surface area contributed by atoms with E-state index in [1.165, 1.54) is 0 Å². The molecular weight excluding hydrogens is 388 g/mol. The summed E-state index contributed by atoms with van der Waals surface area (Å²) < 4.78 is 0. The molecule has 0 bridgehead atoms. The van der Waals surface area contributed by atoms with Gasteiger partial charge in [0.05, 0.1) is 13.1 Å². The van der Waals surface area contributed by atoms with Crippen LogP contribution in [0.25, 0.3) is 0 Å². The molecule has 2 aromatic rings. The quantitative estimate of drug-likeness (QED) is 0.528. The van der Waals surface area contributed by atoms with Crippen LogP contribution in [0.5, 0.6) is 0 Å². The average Bonchev–Trinajstić information content (AvgIpc) is 2.78. The summed E-state index contributed by atoms with van der Waals surface area (Å²) in [7, 11) is 1.88. The van der Waals surface area contributed by atoms with Crippen molar-refractivity contribution >= 4 is 23.1 Å². The number of benzene rings is 2. The van der Waals surface area contributed by atoms with Crippen LogP contribution in [0.3, 0.4) is 0 Å². The number of piperidine rings is 1. The zero-order valence-corrected chi connectivity index (χ0v) is 19.1. The Morgan fingerprint density at radius 3 is 2.39 bits per heavy atom. The third kappa shape index (κ3) is 5.44. The highest BCUT2D eigenvalue weighted by atomic mass is 16.2. The van der Waals surface area contributed by atoms with E-state index in [-0.39, 0.29) is 24.3 Å². The normalized spacial score (nSPS) is 15.0. The van der Waals surface area contributed by atoms with Gasteiger partial charge in [-0.2, -0.15) is 0 Å². The SMILES string of the molecule is Cc1cc(C)c(NCC(=O)N(C)C2CCN(CC(=O)c3ccccc3)CC2)c(C)c1N. The van der Waals surface area contributed by atoms with Crippen molar-refractivity contribution in [2.24, 2.45) is 0 Å². The molecule has 2 aromatic carbocycles. The van der Waals surface area contributed by atoms with Gasteiger partial charge in [-0.25, -0.2) is 0 Å². The Hall–Kier alpha value is -2.86. The lowest BCUT2D eigenvalue weighted by molar-refractivity contribution is -0.130. The molecule has 166 valence electrons. The number of hydrogen-bond donors (Lipinski definition) is 2. The lowest BCUT2D eigenvalue weighted by Gasteiger charge is -2.36. The van der Waals surface area contributed by atoms with Crippen molar-refractivity contribution in [3.05, 3.63) is 58.7 Å². The Morgan fingerprint density at radius 1 is 1.10 bits per heavy atom. The summed E-state index contributed by atoms with van der Waals surface area (Å²) in [6, 6.07) is 11.7. The minimum Gasteiger partial charge on any atom is -0.398 e. The van der Waals surface area contributed by atoms with Gasteiger partial charge in [-0.05, 0) is 50.3 Å². The van der Waals surface area contributed by atoms with Crippen LogP contribution in [-0.2, 0) is 4.79 Å². The number of amides is 1. The maximum absolute atomic E-state index is 12.8. The number of rotatable bonds is 7. The lowest BCUT2D eigenvalue weighted by Crippen LogP contribution is -2.48. The van der Waals surface area contributed by atoms with Gasteiger partial charge in [0.2, 0.25) is 5.91 Å². The molecule has 1 amide bonds. The molecule has 0 spiro atoms. The van der Waals surface area contributed by atoms with E-state index >= 15 is 0 Å². The number of carbonyl (C=O) groups excluding carboxylic acids is 2. The molecule has 1 fully saturated rings. The van der Waals surface area contributed by atoms with Gasteiger partial charge in [-0.3, -0.25) is 14.5 Å². The summed E-state index contributed by atoms with van der Waals surface area (Å²) >= 11 is 0. The molecule has 0 aromatic heterocycles. The monoisotopic (exact) mass is 422 g/mol. The number of carbonyl (C=O) groups is 2. The van der Waals surface area contributed by atoms with E-state index in [2.05, 4.69) is 10.2 Å². The molecule has 3 rings (SSSR count). The Labute approximate surface area is 185 Å². The molecule has 3 N–H and O–H groups in total. The number of aryl methyl sites for hydroxylation is 2. The number of nitrogens with one attached hydrogen (secondary N) is 1. The number of nitrogens with zero attached hydrogens (tertiary/aromatic N) is 2. The van der Waals surface area contributed by atoms with E-state index in [1.807, 2.05) is 69.1 Å². The van der Waals surface area contributed by atoms with Gasteiger partial charge in [-0.15, -0.1) is 0 Å². The van der Waals surface area contributed by atoms with Gasteiger partial charge >= 0.3 is 0 Å². The van der Waals surface area contributed by atoms with Crippen molar-refractivity contribution in [3.63, 3.8) is 0 Å². The first kappa shape index (κ1) is 22.8. The van der Waals surface area contributed by atoms with Crippen LogP contribution in [0.15, 0.2) is 36.4 Å². The van der Waals surface area contributed by atoms with Crippen LogP contribution >= 0.6 is 0 Å². The predicted molar refractivity (Wildman–Crippen MR) is 127 cm³/mol. The molecule has 6 nitrogen and oxygen atoms in total. The fourth-order valence-corrected chi connectivity index (χ4v) is 4.35. The zero-order chi connectivity index (χ0) is 22.5. The standard InChI is InChI=1S/C25H34N4O2/c1-17-14-18(2)25(19(3)24(17)26)27-15-23(31)28(4)21-10-12-29(13-11-21)16-22(30)20-8-6-5-7-9-20/h5-9,14,21,27H,10-13,15-16,26H2,1-4H3. The second-order valence-corrected chi connectivity index (χ2v) is 8.58. The fourth-order valence-electron chi connectivity index (χ4n) is 4.35. The summed E-state index contributed by atoms with van der Waals surface area (Å²) in [6.07, 6.45) is 1.75. The zero-order valence-electron chi connectivity index (χ0n) is 19.1. The molecular formula is C25H34N4O2. The van der Waals surface area contributed by atoms with Gasteiger partial charge in [0.25, 0.3) is 0 Å². The van der Waals surface area contributed by atoms with E-state index in [1.54, 1.807) is 0 Å².